The fourth-order valence-corrected chi connectivity index (χ4v) is 13.0. The van der Waals surface area contributed by atoms with Crippen LogP contribution >= 0.6 is 0 Å². The van der Waals surface area contributed by atoms with Crippen molar-refractivity contribution in [3.05, 3.63) is 275 Å². The molecule has 1 atom stereocenters. The molecule has 0 saturated carbocycles. The molecule has 2 aliphatic carbocycles. The van der Waals surface area contributed by atoms with Gasteiger partial charge in [-0.05, 0) is 189 Å². The van der Waals surface area contributed by atoms with Crippen molar-refractivity contribution >= 4 is 78.5 Å². The highest BCUT2D eigenvalue weighted by molar-refractivity contribution is 6.13. The smallest absolute Gasteiger partial charge is 0.0566 e. The minimum Gasteiger partial charge on any atom is -0.334 e. The first kappa shape index (κ1) is 42.7. The van der Waals surface area contributed by atoms with Gasteiger partial charge in [0.05, 0.1) is 6.04 Å². The van der Waals surface area contributed by atoms with Gasteiger partial charge in [-0.1, -0.05) is 188 Å². The number of rotatable bonds is 6. The van der Waals surface area contributed by atoms with Crippen LogP contribution in [0.4, 0.5) is 28.4 Å². The Morgan fingerprint density at radius 1 is 0.405 bits per heavy atom. The van der Waals surface area contributed by atoms with Crippen molar-refractivity contribution in [1.82, 2.24) is 0 Å². The maximum Gasteiger partial charge on any atom is 0.0566 e. The van der Waals surface area contributed by atoms with E-state index in [0.717, 1.165) is 37.8 Å². The second kappa shape index (κ2) is 17.4. The Morgan fingerprint density at radius 2 is 0.905 bits per heavy atom. The zero-order valence-corrected chi connectivity index (χ0v) is 41.2. The van der Waals surface area contributed by atoms with Gasteiger partial charge in [0, 0.05) is 41.3 Å². The molecule has 0 amide bonds. The summed E-state index contributed by atoms with van der Waals surface area (Å²) in [4.78, 5) is 5.17. The molecule has 2 aliphatic heterocycles. The van der Waals surface area contributed by atoms with Crippen LogP contribution in [0, 0.1) is 0 Å². The van der Waals surface area contributed by atoms with Gasteiger partial charge in [-0.3, -0.25) is 0 Å². The first-order chi connectivity index (χ1) is 36.7. The molecule has 74 heavy (non-hydrogen) atoms. The number of benzene rings is 11. The minimum absolute atomic E-state index is 0.0562. The summed E-state index contributed by atoms with van der Waals surface area (Å²) in [6, 6.07) is 82.5. The Labute approximate surface area is 432 Å². The van der Waals surface area contributed by atoms with Crippen molar-refractivity contribution in [2.45, 2.75) is 38.1 Å². The van der Waals surface area contributed by atoms with E-state index in [-0.39, 0.29) is 6.04 Å². The van der Waals surface area contributed by atoms with Crippen LogP contribution < -0.4 is 20.2 Å². The lowest BCUT2D eigenvalue weighted by atomic mass is 9.80. The molecule has 0 fully saturated rings. The molecule has 4 aliphatic rings. The largest absolute Gasteiger partial charge is 0.334 e. The van der Waals surface area contributed by atoms with Crippen LogP contribution in [0.25, 0.3) is 83.4 Å². The molecule has 0 spiro atoms. The number of fused-ring (bicyclic) bond motifs is 8. The predicted molar refractivity (Wildman–Crippen MR) is 314 cm³/mol. The monoisotopic (exact) mass is 944 g/mol. The van der Waals surface area contributed by atoms with Crippen molar-refractivity contribution in [3.63, 3.8) is 0 Å². The third-order valence-corrected chi connectivity index (χ3v) is 16.4. The zero-order valence-electron chi connectivity index (χ0n) is 41.2. The summed E-state index contributed by atoms with van der Waals surface area (Å²) in [6.45, 7) is 0. The topological polar surface area (TPSA) is 6.48 Å². The van der Waals surface area contributed by atoms with Gasteiger partial charge in [0.15, 0.2) is 0 Å². The molecule has 350 valence electrons. The number of hydrogen-bond acceptors (Lipinski definition) is 2. The molecule has 0 radical (unpaired) electrons. The molecule has 1 unspecified atom stereocenters. The summed E-state index contributed by atoms with van der Waals surface area (Å²) < 4.78 is 0. The van der Waals surface area contributed by atoms with Crippen molar-refractivity contribution in [2.75, 3.05) is 9.80 Å². The number of nitrogens with zero attached hydrogens (tertiary/aromatic N) is 2. The predicted octanol–water partition coefficient (Wildman–Crippen LogP) is 17.3. The van der Waals surface area contributed by atoms with E-state index in [1.54, 1.807) is 0 Å². The second-order valence-electron chi connectivity index (χ2n) is 20.6. The normalized spacial score (nSPS) is 15.4. The van der Waals surface area contributed by atoms with Gasteiger partial charge in [0.25, 0.3) is 0 Å². The van der Waals surface area contributed by atoms with E-state index in [2.05, 4.69) is 259 Å². The summed E-state index contributed by atoms with van der Waals surface area (Å²) in [5.74, 6) is 0. The molecule has 11 aromatic carbocycles. The van der Waals surface area contributed by atoms with E-state index in [1.165, 1.54) is 132 Å². The summed E-state index contributed by atoms with van der Waals surface area (Å²) in [5.41, 5.74) is 21.9. The Morgan fingerprint density at radius 3 is 1.50 bits per heavy atom. The van der Waals surface area contributed by atoms with Crippen LogP contribution in [0.3, 0.4) is 0 Å². The van der Waals surface area contributed by atoms with Crippen molar-refractivity contribution in [1.29, 1.82) is 0 Å². The van der Waals surface area contributed by atoms with Gasteiger partial charge in [0.2, 0.25) is 0 Å². The van der Waals surface area contributed by atoms with Crippen molar-refractivity contribution < 1.29 is 0 Å². The van der Waals surface area contributed by atoms with E-state index < -0.39 is 0 Å². The maximum absolute atomic E-state index is 2.66. The van der Waals surface area contributed by atoms with Gasteiger partial charge in [-0.2, -0.15) is 0 Å². The van der Waals surface area contributed by atoms with E-state index in [1.807, 2.05) is 0 Å². The first-order valence-corrected chi connectivity index (χ1v) is 26.4. The lowest BCUT2D eigenvalue weighted by molar-refractivity contribution is 0.816. The Bertz CT molecular complexity index is 4220. The average molecular weight is 945 g/mol. The van der Waals surface area contributed by atoms with Gasteiger partial charge < -0.3 is 9.80 Å². The SMILES string of the molecule is C1=CCCC(c2cc3ccccc3cc2-c2c3c(c(-c4cc5ccccc5cc4-c4ccccc4)c4cc(N5c6ccccc6Cc6ccccc65)ccc24)=CCC(N2c4ccccc4Cc4ccccc42)C=3)=C1. The summed E-state index contributed by atoms with van der Waals surface area (Å²) in [7, 11) is 0. The first-order valence-electron chi connectivity index (χ1n) is 26.4. The van der Waals surface area contributed by atoms with Crippen LogP contribution in [0.1, 0.15) is 47.1 Å². The number of anilines is 5. The van der Waals surface area contributed by atoms with Crippen LogP contribution in [-0.4, -0.2) is 6.04 Å². The molecule has 11 aromatic rings. The van der Waals surface area contributed by atoms with E-state index in [4.69, 9.17) is 0 Å². The lowest BCUT2D eigenvalue weighted by Gasteiger charge is -2.39. The lowest BCUT2D eigenvalue weighted by Crippen LogP contribution is -2.41. The third-order valence-electron chi connectivity index (χ3n) is 16.4. The van der Waals surface area contributed by atoms with Gasteiger partial charge in [0.1, 0.15) is 0 Å². The molecule has 2 heteroatoms. The molecule has 0 saturated heterocycles. The highest BCUT2D eigenvalue weighted by Gasteiger charge is 2.31. The average Bonchev–Trinajstić information content (AvgIpc) is 3.50. The minimum atomic E-state index is 0.0562. The van der Waals surface area contributed by atoms with Crippen molar-refractivity contribution in [2.24, 2.45) is 0 Å². The third kappa shape index (κ3) is 6.93. The Hall–Kier alpha value is -8.98. The highest BCUT2D eigenvalue weighted by Crippen LogP contribution is 2.48. The Kier molecular flexibility index (Phi) is 10.0. The molecule has 15 rings (SSSR count). The highest BCUT2D eigenvalue weighted by atomic mass is 15.2. The van der Waals surface area contributed by atoms with Gasteiger partial charge >= 0.3 is 0 Å². The number of allylic oxidation sites excluding steroid dienone is 4. The standard InChI is InChI=1S/C72H52N2/c1-3-19-47(20-4-1)61-41-49-23-7-9-25-51(49)43-63(61)71-59-37-35-58(74-69-33-17-13-29-55(69)40-56-30-14-18-34-70(56)74)46-66(59)72(64-44-52-26-10-8-24-50(52)42-62(64)48-21-5-2-6-22-48)60-38-36-57(45-65(60)71)73-67-31-15-11-27-53(67)39-54-28-12-16-32-68(54)73/h1-5,7-21,23-34,36-38,41-46,58H,6,22,35,39-40H2. The van der Waals surface area contributed by atoms with Crippen LogP contribution in [-0.2, 0) is 12.8 Å². The number of hydrogen-bond donors (Lipinski definition) is 0. The molecule has 0 N–H and O–H groups in total. The van der Waals surface area contributed by atoms with Crippen LogP contribution in [0.15, 0.2) is 237 Å². The van der Waals surface area contributed by atoms with Crippen LogP contribution in [0.5, 0.6) is 0 Å². The summed E-state index contributed by atoms with van der Waals surface area (Å²) in [6.07, 6.45) is 16.9. The van der Waals surface area contributed by atoms with E-state index >= 15 is 0 Å². The quantitative estimate of drug-likeness (QED) is 0.164. The maximum atomic E-state index is 2.66. The molecule has 2 heterocycles. The zero-order chi connectivity index (χ0) is 48.7. The molecule has 0 aromatic heterocycles. The summed E-state index contributed by atoms with van der Waals surface area (Å²) in [5, 5.41) is 10.1. The second-order valence-corrected chi connectivity index (χ2v) is 20.6. The molecular formula is C72H52N2. The molecule has 0 bridgehead atoms. The number of para-hydroxylation sites is 4. The molecular weight excluding hydrogens is 893 g/mol. The van der Waals surface area contributed by atoms with Crippen molar-refractivity contribution in [3.8, 4) is 33.4 Å². The molecule has 2 nitrogen and oxygen atoms in total. The van der Waals surface area contributed by atoms with E-state index in [0.29, 0.717) is 0 Å². The van der Waals surface area contributed by atoms with Gasteiger partial charge in [-0.25, -0.2) is 0 Å². The Balaban J connectivity index is 1.11. The van der Waals surface area contributed by atoms with Crippen LogP contribution in [0.2, 0.25) is 0 Å². The van der Waals surface area contributed by atoms with Gasteiger partial charge in [-0.15, -0.1) is 0 Å². The summed E-state index contributed by atoms with van der Waals surface area (Å²) >= 11 is 0. The fraction of sp³-hybridized carbons (Fsp3) is 0.0833. The fourth-order valence-electron chi connectivity index (χ4n) is 13.0. The van der Waals surface area contributed by atoms with E-state index in [9.17, 15) is 0 Å².